The SMILES string of the molecule is CCCCC(N)c1nc(C2(OC)CCOCC2)no1. The summed E-state index contributed by atoms with van der Waals surface area (Å²) < 4.78 is 16.3. The van der Waals surface area contributed by atoms with E-state index < -0.39 is 5.60 Å². The van der Waals surface area contributed by atoms with Gasteiger partial charge in [-0.05, 0) is 6.42 Å². The van der Waals surface area contributed by atoms with E-state index in [-0.39, 0.29) is 6.04 Å². The van der Waals surface area contributed by atoms with Gasteiger partial charge in [0, 0.05) is 33.2 Å². The third-order valence-electron chi connectivity index (χ3n) is 3.73. The molecule has 6 heteroatoms. The minimum absolute atomic E-state index is 0.185. The van der Waals surface area contributed by atoms with E-state index in [1.807, 2.05) is 0 Å². The molecule has 1 aromatic heterocycles. The maximum Gasteiger partial charge on any atom is 0.243 e. The third-order valence-corrected chi connectivity index (χ3v) is 3.73. The van der Waals surface area contributed by atoms with Crippen molar-refractivity contribution in [2.75, 3.05) is 20.3 Å². The number of rotatable bonds is 6. The quantitative estimate of drug-likeness (QED) is 0.849. The zero-order chi connectivity index (χ0) is 13.7. The monoisotopic (exact) mass is 269 g/mol. The molecule has 0 saturated carbocycles. The van der Waals surface area contributed by atoms with Crippen LogP contribution in [0, 0.1) is 0 Å². The number of hydrogen-bond donors (Lipinski definition) is 1. The average Bonchev–Trinajstić information content (AvgIpc) is 2.96. The van der Waals surface area contributed by atoms with Crippen LogP contribution in [-0.2, 0) is 15.1 Å². The molecule has 1 fully saturated rings. The Labute approximate surface area is 113 Å². The first-order chi connectivity index (χ1) is 9.22. The van der Waals surface area contributed by atoms with Crippen molar-refractivity contribution in [3.8, 4) is 0 Å². The van der Waals surface area contributed by atoms with Gasteiger partial charge in [-0.1, -0.05) is 24.9 Å². The van der Waals surface area contributed by atoms with Crippen LogP contribution >= 0.6 is 0 Å². The fourth-order valence-electron chi connectivity index (χ4n) is 2.34. The summed E-state index contributed by atoms with van der Waals surface area (Å²) in [4.78, 5) is 4.45. The van der Waals surface area contributed by atoms with Gasteiger partial charge < -0.3 is 19.7 Å². The molecule has 19 heavy (non-hydrogen) atoms. The topological polar surface area (TPSA) is 83.4 Å². The summed E-state index contributed by atoms with van der Waals surface area (Å²) in [7, 11) is 1.68. The molecule has 108 valence electrons. The zero-order valence-corrected chi connectivity index (χ0v) is 11.7. The summed E-state index contributed by atoms with van der Waals surface area (Å²) in [6, 6.07) is -0.185. The van der Waals surface area contributed by atoms with Crippen LogP contribution in [-0.4, -0.2) is 30.5 Å². The smallest absolute Gasteiger partial charge is 0.243 e. The van der Waals surface area contributed by atoms with Crippen LogP contribution in [0.5, 0.6) is 0 Å². The summed E-state index contributed by atoms with van der Waals surface area (Å²) in [5.41, 5.74) is 5.57. The van der Waals surface area contributed by atoms with Gasteiger partial charge in [0.25, 0.3) is 0 Å². The number of unbranched alkanes of at least 4 members (excludes halogenated alkanes) is 1. The van der Waals surface area contributed by atoms with Gasteiger partial charge in [-0.25, -0.2) is 0 Å². The van der Waals surface area contributed by atoms with E-state index in [0.29, 0.717) is 24.9 Å². The lowest BCUT2D eigenvalue weighted by molar-refractivity contribution is -0.101. The molecular formula is C13H23N3O3. The molecule has 2 heterocycles. The van der Waals surface area contributed by atoms with Gasteiger partial charge in [-0.15, -0.1) is 0 Å². The Kier molecular flexibility index (Phi) is 4.90. The van der Waals surface area contributed by atoms with Gasteiger partial charge in [-0.3, -0.25) is 0 Å². The van der Waals surface area contributed by atoms with E-state index in [1.54, 1.807) is 7.11 Å². The van der Waals surface area contributed by atoms with Gasteiger partial charge >= 0.3 is 0 Å². The van der Waals surface area contributed by atoms with Crippen LogP contribution in [0.2, 0.25) is 0 Å². The van der Waals surface area contributed by atoms with Gasteiger partial charge in [-0.2, -0.15) is 4.98 Å². The van der Waals surface area contributed by atoms with Crippen LogP contribution in [0.1, 0.15) is 56.8 Å². The fourth-order valence-corrected chi connectivity index (χ4v) is 2.34. The molecular weight excluding hydrogens is 246 g/mol. The summed E-state index contributed by atoms with van der Waals surface area (Å²) in [5.74, 6) is 1.10. The van der Waals surface area contributed by atoms with E-state index in [0.717, 1.165) is 32.1 Å². The number of methoxy groups -OCH3 is 1. The fraction of sp³-hybridized carbons (Fsp3) is 0.846. The molecule has 6 nitrogen and oxygen atoms in total. The van der Waals surface area contributed by atoms with Crippen molar-refractivity contribution >= 4 is 0 Å². The number of nitrogens with zero attached hydrogens (tertiary/aromatic N) is 2. The minimum Gasteiger partial charge on any atom is -0.381 e. The van der Waals surface area contributed by atoms with Gasteiger partial charge in [0.2, 0.25) is 11.7 Å². The van der Waals surface area contributed by atoms with Crippen molar-refractivity contribution in [1.82, 2.24) is 10.1 Å². The second-order valence-corrected chi connectivity index (χ2v) is 5.02. The molecule has 0 bridgehead atoms. The van der Waals surface area contributed by atoms with Crippen LogP contribution in [0.4, 0.5) is 0 Å². The molecule has 0 aromatic carbocycles. The first-order valence-corrected chi connectivity index (χ1v) is 6.94. The Hall–Kier alpha value is -0.980. The molecule has 1 aliphatic heterocycles. The van der Waals surface area contributed by atoms with Gasteiger partial charge in [0.1, 0.15) is 5.60 Å². The van der Waals surface area contributed by atoms with E-state index in [9.17, 15) is 0 Å². The predicted molar refractivity (Wildman–Crippen MR) is 69.5 cm³/mol. The van der Waals surface area contributed by atoms with E-state index in [1.165, 1.54) is 0 Å². The first kappa shape index (κ1) is 14.4. The van der Waals surface area contributed by atoms with Gasteiger partial charge in [0.15, 0.2) is 0 Å². The Morgan fingerprint density at radius 2 is 2.16 bits per heavy atom. The Bertz CT molecular complexity index is 388. The molecule has 1 saturated heterocycles. The van der Waals surface area contributed by atoms with Crippen LogP contribution in [0.25, 0.3) is 0 Å². The number of ether oxygens (including phenoxy) is 2. The molecule has 1 atom stereocenters. The minimum atomic E-state index is -0.482. The second-order valence-electron chi connectivity index (χ2n) is 5.02. The molecule has 2 rings (SSSR count). The molecule has 2 N–H and O–H groups in total. The normalized spacial score (nSPS) is 20.4. The lowest BCUT2D eigenvalue weighted by Gasteiger charge is -2.32. The molecule has 1 unspecified atom stereocenters. The van der Waals surface area contributed by atoms with Gasteiger partial charge in [0.05, 0.1) is 6.04 Å². The summed E-state index contributed by atoms with van der Waals surface area (Å²) in [6.07, 6.45) is 4.51. The van der Waals surface area contributed by atoms with Crippen molar-refractivity contribution in [2.24, 2.45) is 5.73 Å². The molecule has 1 aliphatic rings. The van der Waals surface area contributed by atoms with E-state index in [2.05, 4.69) is 17.1 Å². The van der Waals surface area contributed by atoms with Crippen LogP contribution < -0.4 is 5.73 Å². The lowest BCUT2D eigenvalue weighted by atomic mass is 9.93. The van der Waals surface area contributed by atoms with E-state index in [4.69, 9.17) is 19.7 Å². The zero-order valence-electron chi connectivity index (χ0n) is 11.7. The summed E-state index contributed by atoms with van der Waals surface area (Å²) >= 11 is 0. The molecule has 0 radical (unpaired) electrons. The van der Waals surface area contributed by atoms with Crippen LogP contribution in [0.15, 0.2) is 4.52 Å². The highest BCUT2D eigenvalue weighted by atomic mass is 16.5. The number of nitrogens with two attached hydrogens (primary N) is 1. The lowest BCUT2D eigenvalue weighted by Crippen LogP contribution is -2.36. The molecule has 0 aliphatic carbocycles. The maximum absolute atomic E-state index is 6.05. The Morgan fingerprint density at radius 1 is 1.42 bits per heavy atom. The Morgan fingerprint density at radius 3 is 2.79 bits per heavy atom. The average molecular weight is 269 g/mol. The maximum atomic E-state index is 6.05. The highest BCUT2D eigenvalue weighted by Gasteiger charge is 2.39. The summed E-state index contributed by atoms with van der Waals surface area (Å²) in [6.45, 7) is 3.44. The number of aromatic nitrogens is 2. The highest BCUT2D eigenvalue weighted by molar-refractivity contribution is 5.04. The molecule has 1 aromatic rings. The van der Waals surface area contributed by atoms with Crippen LogP contribution in [0.3, 0.4) is 0 Å². The van der Waals surface area contributed by atoms with Crippen molar-refractivity contribution in [2.45, 2.75) is 50.7 Å². The van der Waals surface area contributed by atoms with E-state index >= 15 is 0 Å². The van der Waals surface area contributed by atoms with Crippen molar-refractivity contribution in [3.05, 3.63) is 11.7 Å². The predicted octanol–water partition coefficient (Wildman–Crippen LogP) is 1.91. The second kappa shape index (κ2) is 6.45. The Balaban J connectivity index is 2.10. The van der Waals surface area contributed by atoms with Crippen molar-refractivity contribution in [3.63, 3.8) is 0 Å². The van der Waals surface area contributed by atoms with Crippen molar-refractivity contribution < 1.29 is 14.0 Å². The number of hydrogen-bond acceptors (Lipinski definition) is 6. The van der Waals surface area contributed by atoms with Crippen molar-refractivity contribution in [1.29, 1.82) is 0 Å². The highest BCUT2D eigenvalue weighted by Crippen LogP contribution is 2.34. The summed E-state index contributed by atoms with van der Waals surface area (Å²) in [5, 5.41) is 4.07. The molecule has 0 spiro atoms. The largest absolute Gasteiger partial charge is 0.381 e. The first-order valence-electron chi connectivity index (χ1n) is 6.94. The molecule has 0 amide bonds. The third kappa shape index (κ3) is 3.13. The standard InChI is InChI=1S/C13H23N3O3/c1-3-4-5-10(14)11-15-12(16-19-11)13(17-2)6-8-18-9-7-13/h10H,3-9,14H2,1-2H3.